The molecule has 1 heterocycles. The topological polar surface area (TPSA) is 35.9 Å². The number of β-amino-alcohol motifs (C(OH)–C–C–N with tert-alkyl or cyclic N) is 1. The van der Waals surface area contributed by atoms with Crippen LogP contribution in [0.3, 0.4) is 0 Å². The Hall–Kier alpha value is -0.520. The molecule has 0 amide bonds. The number of nitrogens with zero attached hydrogens (tertiary/aromatic N) is 2. The van der Waals surface area contributed by atoms with Crippen LogP contribution in [0.5, 0.6) is 5.75 Å². The summed E-state index contributed by atoms with van der Waals surface area (Å²) in [5.74, 6) is 0.740. The van der Waals surface area contributed by atoms with E-state index in [9.17, 15) is 5.11 Å². The van der Waals surface area contributed by atoms with E-state index in [0.717, 1.165) is 38.5 Å². The third-order valence-corrected chi connectivity index (χ3v) is 3.89. The molecular weight excluding hydrogens is 311 g/mol. The largest absolute Gasteiger partial charge is 0.491 e. The van der Waals surface area contributed by atoms with Gasteiger partial charge in [0.25, 0.3) is 0 Å². The van der Waals surface area contributed by atoms with Crippen molar-refractivity contribution >= 4 is 24.0 Å². The Morgan fingerprint density at radius 2 is 1.71 bits per heavy atom. The average molecular weight is 335 g/mol. The lowest BCUT2D eigenvalue weighted by atomic mass is 10.2. The monoisotopic (exact) mass is 334 g/mol. The van der Waals surface area contributed by atoms with Crippen LogP contribution in [0.4, 0.5) is 0 Å². The molecule has 1 aliphatic rings. The zero-order chi connectivity index (χ0) is 14.4. The van der Waals surface area contributed by atoms with E-state index >= 15 is 0 Å². The van der Waals surface area contributed by atoms with Gasteiger partial charge in [-0.15, -0.1) is 12.4 Å². The highest BCUT2D eigenvalue weighted by Crippen LogP contribution is 2.15. The number of likely N-dealkylation sites (N-methyl/N-ethyl adjacent to an activating group) is 1. The SMILES string of the molecule is CCN1CCN(CC(O)COc2ccc(Cl)cc2)CC1.Cl. The molecule has 2 rings (SSSR count). The van der Waals surface area contributed by atoms with Crippen LogP contribution in [-0.2, 0) is 0 Å². The van der Waals surface area contributed by atoms with Crippen molar-refractivity contribution in [2.45, 2.75) is 13.0 Å². The van der Waals surface area contributed by atoms with Crippen LogP contribution in [0.15, 0.2) is 24.3 Å². The van der Waals surface area contributed by atoms with E-state index in [1.54, 1.807) is 12.1 Å². The fourth-order valence-electron chi connectivity index (χ4n) is 2.36. The molecule has 0 aliphatic carbocycles. The fourth-order valence-corrected chi connectivity index (χ4v) is 2.49. The summed E-state index contributed by atoms with van der Waals surface area (Å²) in [4.78, 5) is 4.72. The van der Waals surface area contributed by atoms with Gasteiger partial charge in [-0.25, -0.2) is 0 Å². The van der Waals surface area contributed by atoms with Crippen molar-refractivity contribution in [3.8, 4) is 5.75 Å². The normalized spacial score (nSPS) is 18.0. The predicted molar refractivity (Wildman–Crippen MR) is 88.8 cm³/mol. The van der Waals surface area contributed by atoms with Gasteiger partial charge in [-0.3, -0.25) is 4.90 Å². The molecule has 0 bridgehead atoms. The maximum absolute atomic E-state index is 10.0. The van der Waals surface area contributed by atoms with Gasteiger partial charge < -0.3 is 14.7 Å². The molecule has 4 nitrogen and oxygen atoms in total. The third kappa shape index (κ3) is 6.41. The number of hydrogen-bond acceptors (Lipinski definition) is 4. The van der Waals surface area contributed by atoms with Crippen molar-refractivity contribution in [3.63, 3.8) is 0 Å². The Bertz CT molecular complexity index is 395. The first-order chi connectivity index (χ1) is 9.67. The van der Waals surface area contributed by atoms with Gasteiger partial charge in [0.2, 0.25) is 0 Å². The van der Waals surface area contributed by atoms with Crippen LogP contribution in [0, 0.1) is 0 Å². The molecule has 1 N–H and O–H groups in total. The first-order valence-electron chi connectivity index (χ1n) is 7.18. The summed E-state index contributed by atoms with van der Waals surface area (Å²) in [6.07, 6.45) is -0.459. The Balaban J connectivity index is 0.00000220. The van der Waals surface area contributed by atoms with Crippen molar-refractivity contribution in [2.75, 3.05) is 45.9 Å². The van der Waals surface area contributed by atoms with E-state index < -0.39 is 6.10 Å². The lowest BCUT2D eigenvalue weighted by Gasteiger charge is -2.34. The number of ether oxygens (including phenoxy) is 1. The molecule has 120 valence electrons. The highest BCUT2D eigenvalue weighted by molar-refractivity contribution is 6.30. The van der Waals surface area contributed by atoms with E-state index in [-0.39, 0.29) is 12.4 Å². The van der Waals surface area contributed by atoms with Crippen molar-refractivity contribution in [3.05, 3.63) is 29.3 Å². The summed E-state index contributed by atoms with van der Waals surface area (Å²) in [6, 6.07) is 7.20. The molecule has 1 unspecified atom stereocenters. The van der Waals surface area contributed by atoms with Crippen LogP contribution >= 0.6 is 24.0 Å². The zero-order valence-electron chi connectivity index (χ0n) is 12.4. The highest BCUT2D eigenvalue weighted by Gasteiger charge is 2.18. The molecule has 21 heavy (non-hydrogen) atoms. The first-order valence-corrected chi connectivity index (χ1v) is 7.56. The second-order valence-corrected chi connectivity index (χ2v) is 5.59. The Morgan fingerprint density at radius 3 is 2.29 bits per heavy atom. The molecule has 6 heteroatoms. The van der Waals surface area contributed by atoms with E-state index in [2.05, 4.69) is 16.7 Å². The maximum atomic E-state index is 10.0. The third-order valence-electron chi connectivity index (χ3n) is 3.64. The standard InChI is InChI=1S/C15H23ClN2O2.ClH/c1-2-17-7-9-18(10-8-17)11-14(19)12-20-15-5-3-13(16)4-6-15;/h3-6,14,19H,2,7-12H2,1H3;1H. The second kappa shape index (κ2) is 9.49. The number of benzene rings is 1. The van der Waals surface area contributed by atoms with Crippen LogP contribution < -0.4 is 4.74 Å². The van der Waals surface area contributed by atoms with Crippen LogP contribution in [0.1, 0.15) is 6.92 Å². The lowest BCUT2D eigenvalue weighted by molar-refractivity contribution is 0.0471. The summed E-state index contributed by atoms with van der Waals surface area (Å²) in [7, 11) is 0. The van der Waals surface area contributed by atoms with Crippen molar-refractivity contribution in [1.29, 1.82) is 0 Å². The second-order valence-electron chi connectivity index (χ2n) is 5.15. The molecule has 0 radical (unpaired) electrons. The summed E-state index contributed by atoms with van der Waals surface area (Å²) in [6.45, 7) is 8.49. The summed E-state index contributed by atoms with van der Waals surface area (Å²) >= 11 is 5.81. The van der Waals surface area contributed by atoms with E-state index in [1.165, 1.54) is 0 Å². The quantitative estimate of drug-likeness (QED) is 0.864. The summed E-state index contributed by atoms with van der Waals surface area (Å²) in [5.41, 5.74) is 0. The Morgan fingerprint density at radius 1 is 1.14 bits per heavy atom. The van der Waals surface area contributed by atoms with Gasteiger partial charge >= 0.3 is 0 Å². The number of aliphatic hydroxyl groups excluding tert-OH is 1. The molecule has 1 aromatic carbocycles. The van der Waals surface area contributed by atoms with Crippen LogP contribution in [-0.4, -0.2) is 66.9 Å². The van der Waals surface area contributed by atoms with Crippen LogP contribution in [0.25, 0.3) is 0 Å². The van der Waals surface area contributed by atoms with Crippen molar-refractivity contribution in [2.24, 2.45) is 0 Å². The number of hydrogen-bond donors (Lipinski definition) is 1. The zero-order valence-corrected chi connectivity index (χ0v) is 13.9. The van der Waals surface area contributed by atoms with E-state index in [1.807, 2.05) is 12.1 Å². The van der Waals surface area contributed by atoms with Gasteiger partial charge in [0, 0.05) is 37.7 Å². The predicted octanol–water partition coefficient (Wildman–Crippen LogP) is 2.14. The molecule has 1 aliphatic heterocycles. The Kier molecular flexibility index (Phi) is 8.37. The summed E-state index contributed by atoms with van der Waals surface area (Å²) in [5, 5.41) is 10.7. The fraction of sp³-hybridized carbons (Fsp3) is 0.600. The number of aliphatic hydroxyl groups is 1. The van der Waals surface area contributed by atoms with E-state index in [4.69, 9.17) is 16.3 Å². The van der Waals surface area contributed by atoms with Gasteiger partial charge in [-0.1, -0.05) is 18.5 Å². The van der Waals surface area contributed by atoms with Crippen molar-refractivity contribution < 1.29 is 9.84 Å². The van der Waals surface area contributed by atoms with Gasteiger partial charge in [-0.05, 0) is 30.8 Å². The van der Waals surface area contributed by atoms with Crippen LogP contribution in [0.2, 0.25) is 5.02 Å². The van der Waals surface area contributed by atoms with Gasteiger partial charge in [0.15, 0.2) is 0 Å². The highest BCUT2D eigenvalue weighted by atomic mass is 35.5. The molecular formula is C15H24Cl2N2O2. The van der Waals surface area contributed by atoms with E-state index in [0.29, 0.717) is 18.2 Å². The minimum atomic E-state index is -0.459. The molecule has 1 fully saturated rings. The summed E-state index contributed by atoms with van der Waals surface area (Å²) < 4.78 is 5.56. The molecule has 1 aromatic rings. The lowest BCUT2D eigenvalue weighted by Crippen LogP contribution is -2.49. The molecule has 1 saturated heterocycles. The van der Waals surface area contributed by atoms with Crippen molar-refractivity contribution in [1.82, 2.24) is 9.80 Å². The Labute approximate surface area is 138 Å². The molecule has 0 spiro atoms. The molecule has 0 saturated carbocycles. The smallest absolute Gasteiger partial charge is 0.119 e. The average Bonchev–Trinajstić information content (AvgIpc) is 2.47. The number of rotatable bonds is 6. The first kappa shape index (κ1) is 18.5. The molecule has 1 atom stereocenters. The van der Waals surface area contributed by atoms with Gasteiger partial charge in [0.1, 0.15) is 18.5 Å². The maximum Gasteiger partial charge on any atom is 0.119 e. The van der Waals surface area contributed by atoms with Gasteiger partial charge in [0.05, 0.1) is 0 Å². The van der Waals surface area contributed by atoms with Gasteiger partial charge in [-0.2, -0.15) is 0 Å². The number of halogens is 2. The number of piperazine rings is 1. The molecule has 0 aromatic heterocycles. The minimum absolute atomic E-state index is 0. The minimum Gasteiger partial charge on any atom is -0.491 e.